The smallest absolute Gasteiger partial charge is 0.460 e. The largest absolute Gasteiger partial charge is 0.544 e. The highest BCUT2D eigenvalue weighted by Crippen LogP contribution is 2.68. The molecule has 54 heavy (non-hydrogen) atoms. The molecule has 0 aliphatic carbocycles. The van der Waals surface area contributed by atoms with Crippen LogP contribution in [0.4, 0.5) is 110 Å². The van der Waals surface area contributed by atoms with Gasteiger partial charge >= 0.3 is 77.3 Å². The molecule has 0 heterocycles. The number of quaternary nitrogens is 1. The van der Waals surface area contributed by atoms with Crippen LogP contribution in [0.3, 0.4) is 0 Å². The Labute approximate surface area is 280 Å². The highest BCUT2D eigenvalue weighted by Gasteiger charge is 2.99. The first-order valence-electron chi connectivity index (χ1n) is 12.8. The summed E-state index contributed by atoms with van der Waals surface area (Å²) in [6.07, 6.45) is -15.5. The highest BCUT2D eigenvalue weighted by molar-refractivity contribution is 5.66. The Morgan fingerprint density at radius 2 is 0.815 bits per heavy atom. The lowest BCUT2D eigenvalue weighted by molar-refractivity contribution is -0.936. The van der Waals surface area contributed by atoms with E-state index in [1.807, 2.05) is 0 Å². The fourth-order valence-electron chi connectivity index (χ4n) is 3.99. The van der Waals surface area contributed by atoms with E-state index in [4.69, 9.17) is 0 Å². The predicted octanol–water partition coefficient (Wildman–Crippen LogP) is 5.22. The SMILES string of the molecule is CC(=O)OC(C(CO)C(F)(F)C(F)(F)C(F)(F)C(F)(F)C(F)(F)C(F)(F)C(F)(F)C(F)(F)C(F)(F)C(F)(F)C(F)(F)C(F)(F)F)C(O)[N+](C)(C)CC(=O)[O-]. The van der Waals surface area contributed by atoms with E-state index in [1.165, 1.54) is 0 Å². The monoisotopic (exact) mass is 867 g/mol. The summed E-state index contributed by atoms with van der Waals surface area (Å²) in [6, 6.07) is 0. The quantitative estimate of drug-likeness (QED) is 0.0848. The summed E-state index contributed by atoms with van der Waals surface area (Å²) in [7, 11) is 0.708. The Balaban J connectivity index is 7.69. The van der Waals surface area contributed by atoms with Gasteiger partial charge in [0.2, 0.25) is 6.23 Å². The van der Waals surface area contributed by atoms with Crippen molar-refractivity contribution in [2.45, 2.75) is 90.6 Å². The van der Waals surface area contributed by atoms with Gasteiger partial charge in [-0.05, 0) is 0 Å². The predicted molar refractivity (Wildman–Crippen MR) is 115 cm³/mol. The first-order valence-corrected chi connectivity index (χ1v) is 12.8. The number of hydrogen-bond acceptors (Lipinski definition) is 6. The number of aliphatic carboxylic acids is 1. The molecule has 322 valence electrons. The van der Waals surface area contributed by atoms with Crippen molar-refractivity contribution in [3.05, 3.63) is 0 Å². The number of esters is 1. The van der Waals surface area contributed by atoms with Gasteiger partial charge in [0.25, 0.3) is 0 Å². The van der Waals surface area contributed by atoms with Crippen LogP contribution in [-0.2, 0) is 14.3 Å². The molecule has 0 fully saturated rings. The molecular formula is C22H18F25NO6. The summed E-state index contributed by atoms with van der Waals surface area (Å²) in [5.74, 6) is -111. The maximum atomic E-state index is 15.0. The maximum absolute atomic E-state index is 15.0. The van der Waals surface area contributed by atoms with Gasteiger partial charge in [-0.25, -0.2) is 0 Å². The van der Waals surface area contributed by atoms with E-state index in [1.54, 1.807) is 0 Å². The van der Waals surface area contributed by atoms with Crippen LogP contribution in [0.1, 0.15) is 6.92 Å². The van der Waals surface area contributed by atoms with E-state index in [0.29, 0.717) is 14.1 Å². The third-order valence-corrected chi connectivity index (χ3v) is 7.23. The number of aliphatic hydroxyl groups is 2. The number of alkyl halides is 25. The summed E-state index contributed by atoms with van der Waals surface area (Å²) >= 11 is 0. The van der Waals surface area contributed by atoms with E-state index in [0.717, 1.165) is 0 Å². The second-order valence-corrected chi connectivity index (χ2v) is 11.5. The van der Waals surface area contributed by atoms with Crippen LogP contribution in [0, 0.1) is 5.92 Å². The van der Waals surface area contributed by atoms with Gasteiger partial charge in [0.05, 0.1) is 32.6 Å². The van der Waals surface area contributed by atoms with E-state index < -0.39 is 119 Å². The van der Waals surface area contributed by atoms with Gasteiger partial charge in [0.1, 0.15) is 6.54 Å². The molecule has 7 nitrogen and oxygen atoms in total. The Morgan fingerprint density at radius 1 is 0.556 bits per heavy atom. The molecule has 0 aromatic heterocycles. The van der Waals surface area contributed by atoms with Crippen molar-refractivity contribution >= 4 is 11.9 Å². The molecule has 0 saturated carbocycles. The number of carboxylic acids is 1. The van der Waals surface area contributed by atoms with E-state index in [2.05, 4.69) is 4.74 Å². The second-order valence-electron chi connectivity index (χ2n) is 11.5. The summed E-state index contributed by atoms with van der Waals surface area (Å²) in [5.41, 5.74) is 0. The summed E-state index contributed by atoms with van der Waals surface area (Å²) < 4.78 is 347. The molecule has 0 aliphatic heterocycles. The van der Waals surface area contributed by atoms with Crippen LogP contribution in [-0.4, -0.2) is 138 Å². The van der Waals surface area contributed by atoms with Crippen LogP contribution < -0.4 is 5.11 Å². The van der Waals surface area contributed by atoms with Gasteiger partial charge in [-0.2, -0.15) is 110 Å². The average molecular weight is 867 g/mol. The van der Waals surface area contributed by atoms with Crippen LogP contribution in [0.25, 0.3) is 0 Å². The molecule has 3 unspecified atom stereocenters. The minimum Gasteiger partial charge on any atom is -0.544 e. The number of ether oxygens (including phenoxy) is 1. The van der Waals surface area contributed by atoms with Gasteiger partial charge in [-0.1, -0.05) is 0 Å². The third kappa shape index (κ3) is 7.02. The van der Waals surface area contributed by atoms with E-state index in [-0.39, 0.29) is 6.92 Å². The summed E-state index contributed by atoms with van der Waals surface area (Å²) in [4.78, 5) is 22.2. The Kier molecular flexibility index (Phi) is 13.2. The molecule has 2 N–H and O–H groups in total. The number of aliphatic hydroxyl groups excluding tert-OH is 2. The number of hydrogen-bond donors (Lipinski definition) is 2. The van der Waals surface area contributed by atoms with Crippen molar-refractivity contribution in [3.63, 3.8) is 0 Å². The minimum atomic E-state index is -9.80. The lowest BCUT2D eigenvalue weighted by Crippen LogP contribution is -2.78. The van der Waals surface area contributed by atoms with Crippen LogP contribution in [0.5, 0.6) is 0 Å². The van der Waals surface area contributed by atoms with Crippen molar-refractivity contribution < 1.29 is 144 Å². The van der Waals surface area contributed by atoms with Crippen molar-refractivity contribution in [3.8, 4) is 0 Å². The van der Waals surface area contributed by atoms with Gasteiger partial charge in [0.15, 0.2) is 6.10 Å². The number of nitrogens with zero attached hydrogens (tertiary/aromatic N) is 1. The first kappa shape index (κ1) is 51.1. The zero-order chi connectivity index (χ0) is 44.5. The van der Waals surface area contributed by atoms with Gasteiger partial charge < -0.3 is 24.9 Å². The maximum Gasteiger partial charge on any atom is 0.460 e. The Bertz CT molecular complexity index is 1380. The molecule has 0 spiro atoms. The summed E-state index contributed by atoms with van der Waals surface area (Å²) in [5, 5.41) is 30.3. The number of carboxylic acid groups (broad SMARTS) is 1. The molecule has 0 radical (unpaired) electrons. The molecule has 0 aromatic rings. The van der Waals surface area contributed by atoms with E-state index >= 15 is 0 Å². The molecule has 0 bridgehead atoms. The number of rotatable bonds is 18. The zero-order valence-electron chi connectivity index (χ0n) is 25.6. The van der Waals surface area contributed by atoms with Crippen molar-refractivity contribution in [2.75, 3.05) is 27.2 Å². The fourth-order valence-corrected chi connectivity index (χ4v) is 3.99. The van der Waals surface area contributed by atoms with Crippen LogP contribution in [0.15, 0.2) is 0 Å². The molecular weight excluding hydrogens is 849 g/mol. The molecule has 32 heteroatoms. The topological polar surface area (TPSA) is 107 Å². The second kappa shape index (κ2) is 13.9. The average Bonchev–Trinajstić information content (AvgIpc) is 2.93. The summed E-state index contributed by atoms with van der Waals surface area (Å²) in [6.45, 7) is -4.67. The molecule has 0 aliphatic rings. The Morgan fingerprint density at radius 3 is 1.04 bits per heavy atom. The standard InChI is InChI=1S/C22H18F25NO6/c1-6(50)54-9(10(53)48(2,3)4-8(51)52)7(5-49)11(23,24)12(25,26)13(27,28)14(29,30)15(31,32)16(33,34)17(35,36)18(37,38)19(39,40)20(41,42)21(43,44)22(45,46)47/h7,9-10,49,53H,4-5H2,1-3H3. The minimum absolute atomic E-state index is 0.0637. The van der Waals surface area contributed by atoms with Gasteiger partial charge in [0, 0.05) is 6.92 Å². The van der Waals surface area contributed by atoms with Crippen molar-refractivity contribution in [1.29, 1.82) is 0 Å². The Hall–Kier alpha value is -2.93. The van der Waals surface area contributed by atoms with Gasteiger partial charge in [-0.15, -0.1) is 0 Å². The molecule has 3 atom stereocenters. The normalized spacial score (nSPS) is 17.6. The van der Waals surface area contributed by atoms with Crippen molar-refractivity contribution in [2.24, 2.45) is 5.92 Å². The number of likely N-dealkylation sites (N-methyl/N-ethyl adjacent to an activating group) is 1. The third-order valence-electron chi connectivity index (χ3n) is 7.23. The van der Waals surface area contributed by atoms with Gasteiger partial charge in [-0.3, -0.25) is 9.28 Å². The molecule has 0 aromatic carbocycles. The first-order chi connectivity index (χ1) is 23.1. The fraction of sp³-hybridized carbons (Fsp3) is 0.909. The molecule has 0 saturated heterocycles. The number of halogens is 25. The van der Waals surface area contributed by atoms with E-state index in [9.17, 15) is 135 Å². The molecule has 0 rings (SSSR count). The van der Waals surface area contributed by atoms with Crippen LogP contribution in [0.2, 0.25) is 0 Å². The number of carbonyl (C=O) groups is 2. The molecule has 0 amide bonds. The number of carbonyl (C=O) groups excluding carboxylic acids is 2. The van der Waals surface area contributed by atoms with Crippen molar-refractivity contribution in [1.82, 2.24) is 0 Å². The zero-order valence-corrected chi connectivity index (χ0v) is 25.6. The van der Waals surface area contributed by atoms with Crippen LogP contribution >= 0.6 is 0 Å². The lowest BCUT2D eigenvalue weighted by Gasteiger charge is -2.47. The highest BCUT2D eigenvalue weighted by atomic mass is 19.4. The lowest BCUT2D eigenvalue weighted by atomic mass is 9.81.